The number of fused-ring (bicyclic) bond motifs is 1. The average Bonchev–Trinajstić information content (AvgIpc) is 2.82. The summed E-state index contributed by atoms with van der Waals surface area (Å²) in [4.78, 5) is 27.0. The Morgan fingerprint density at radius 3 is 2.50 bits per heavy atom. The second kappa shape index (κ2) is 9.60. The molecule has 1 saturated heterocycles. The average molecular weight is 477 g/mol. The van der Waals surface area contributed by atoms with Crippen molar-refractivity contribution in [3.8, 4) is 0 Å². The summed E-state index contributed by atoms with van der Waals surface area (Å²) in [6, 6.07) is 11.6. The molecule has 9 heteroatoms. The van der Waals surface area contributed by atoms with E-state index in [2.05, 4.69) is 0 Å². The number of amides is 1. The molecular weight excluding hydrogens is 452 g/mol. The number of esters is 1. The molecule has 170 valence electrons. The van der Waals surface area contributed by atoms with Gasteiger partial charge in [-0.2, -0.15) is 4.31 Å². The molecule has 2 aromatic rings. The highest BCUT2D eigenvalue weighted by Gasteiger charge is 2.28. The van der Waals surface area contributed by atoms with Gasteiger partial charge in [0.25, 0.3) is 5.91 Å². The molecule has 2 aromatic carbocycles. The molecule has 0 bridgehead atoms. The van der Waals surface area contributed by atoms with Crippen LogP contribution in [0, 0.1) is 0 Å². The topological polar surface area (TPSA) is 84.0 Å². The Morgan fingerprint density at radius 2 is 1.72 bits per heavy atom. The van der Waals surface area contributed by atoms with Crippen LogP contribution in [0.3, 0.4) is 0 Å². The first-order chi connectivity index (χ1) is 15.4. The second-order valence-electron chi connectivity index (χ2n) is 7.96. The molecule has 2 heterocycles. The van der Waals surface area contributed by atoms with Crippen LogP contribution in [0.15, 0.2) is 47.4 Å². The summed E-state index contributed by atoms with van der Waals surface area (Å²) in [5.41, 5.74) is 1.83. The lowest BCUT2D eigenvalue weighted by Crippen LogP contribution is -2.38. The zero-order chi connectivity index (χ0) is 22.7. The number of ether oxygens (including phenoxy) is 1. The molecule has 1 fully saturated rings. The van der Waals surface area contributed by atoms with Crippen LogP contribution in [0.5, 0.6) is 0 Å². The van der Waals surface area contributed by atoms with Crippen molar-refractivity contribution in [1.29, 1.82) is 0 Å². The van der Waals surface area contributed by atoms with Crippen LogP contribution in [0.25, 0.3) is 0 Å². The summed E-state index contributed by atoms with van der Waals surface area (Å²) in [6.45, 7) is 1.01. The second-order valence-corrected chi connectivity index (χ2v) is 10.3. The van der Waals surface area contributed by atoms with Gasteiger partial charge in [-0.1, -0.05) is 36.2 Å². The first kappa shape index (κ1) is 22.8. The van der Waals surface area contributed by atoms with E-state index in [1.165, 1.54) is 22.5 Å². The third-order valence-corrected chi connectivity index (χ3v) is 8.07. The van der Waals surface area contributed by atoms with Crippen LogP contribution in [0.1, 0.15) is 41.6 Å². The van der Waals surface area contributed by atoms with E-state index < -0.39 is 22.6 Å². The van der Waals surface area contributed by atoms with Gasteiger partial charge in [0.1, 0.15) is 0 Å². The monoisotopic (exact) mass is 476 g/mol. The SMILES string of the molecule is O=C(OCC(=O)N1CCCc2ccccc21)c1cc(S(=O)(=O)N2CCCCC2)ccc1Cl. The van der Waals surface area contributed by atoms with E-state index in [0.717, 1.165) is 43.4 Å². The Hall–Kier alpha value is -2.42. The zero-order valence-electron chi connectivity index (χ0n) is 17.6. The fourth-order valence-corrected chi connectivity index (χ4v) is 5.89. The molecule has 0 aliphatic carbocycles. The van der Waals surface area contributed by atoms with E-state index in [1.54, 1.807) is 4.90 Å². The Balaban J connectivity index is 1.47. The largest absolute Gasteiger partial charge is 0.452 e. The zero-order valence-corrected chi connectivity index (χ0v) is 19.2. The van der Waals surface area contributed by atoms with Crippen LogP contribution in [-0.4, -0.2) is 50.8 Å². The van der Waals surface area contributed by atoms with E-state index in [-0.39, 0.29) is 21.4 Å². The molecule has 0 N–H and O–H groups in total. The molecular formula is C23H25ClN2O5S. The Morgan fingerprint density at radius 1 is 0.969 bits per heavy atom. The first-order valence-corrected chi connectivity index (χ1v) is 12.5. The number of rotatable bonds is 5. The maximum atomic E-state index is 12.9. The Bertz CT molecular complexity index is 1130. The van der Waals surface area contributed by atoms with Crippen molar-refractivity contribution in [3.05, 3.63) is 58.6 Å². The van der Waals surface area contributed by atoms with Crippen molar-refractivity contribution < 1.29 is 22.7 Å². The molecule has 2 aliphatic rings. The number of hydrogen-bond acceptors (Lipinski definition) is 5. The van der Waals surface area contributed by atoms with Gasteiger partial charge >= 0.3 is 5.97 Å². The fourth-order valence-electron chi connectivity index (χ4n) is 4.15. The normalized spacial score (nSPS) is 17.0. The number of sulfonamides is 1. The highest BCUT2D eigenvalue weighted by molar-refractivity contribution is 7.89. The van der Waals surface area contributed by atoms with E-state index in [0.29, 0.717) is 19.6 Å². The summed E-state index contributed by atoms with van der Waals surface area (Å²) in [7, 11) is -3.72. The Kier molecular flexibility index (Phi) is 6.83. The minimum atomic E-state index is -3.72. The molecule has 0 radical (unpaired) electrons. The van der Waals surface area contributed by atoms with E-state index in [9.17, 15) is 18.0 Å². The number of hydrogen-bond donors (Lipinski definition) is 0. The molecule has 0 saturated carbocycles. The van der Waals surface area contributed by atoms with Gasteiger partial charge in [-0.15, -0.1) is 0 Å². The number of para-hydroxylation sites is 1. The van der Waals surface area contributed by atoms with Gasteiger partial charge in [-0.05, 0) is 55.5 Å². The predicted molar refractivity (Wildman–Crippen MR) is 121 cm³/mol. The molecule has 2 aliphatic heterocycles. The minimum Gasteiger partial charge on any atom is -0.452 e. The molecule has 7 nitrogen and oxygen atoms in total. The third kappa shape index (κ3) is 4.67. The molecule has 0 spiro atoms. The van der Waals surface area contributed by atoms with Gasteiger partial charge in [-0.25, -0.2) is 13.2 Å². The lowest BCUT2D eigenvalue weighted by atomic mass is 10.0. The summed E-state index contributed by atoms with van der Waals surface area (Å²) >= 11 is 6.15. The van der Waals surface area contributed by atoms with Crippen LogP contribution < -0.4 is 4.90 Å². The molecule has 0 unspecified atom stereocenters. The number of piperidine rings is 1. The van der Waals surface area contributed by atoms with Crippen molar-refractivity contribution in [1.82, 2.24) is 4.31 Å². The third-order valence-electron chi connectivity index (χ3n) is 5.85. The first-order valence-electron chi connectivity index (χ1n) is 10.7. The number of nitrogens with zero attached hydrogens (tertiary/aromatic N) is 2. The maximum absolute atomic E-state index is 12.9. The molecule has 4 rings (SSSR count). The van der Waals surface area contributed by atoms with Gasteiger partial charge in [0.2, 0.25) is 10.0 Å². The summed E-state index contributed by atoms with van der Waals surface area (Å²) in [6.07, 6.45) is 4.35. The van der Waals surface area contributed by atoms with Gasteiger partial charge in [0.05, 0.1) is 15.5 Å². The van der Waals surface area contributed by atoms with Crippen molar-refractivity contribution in [2.24, 2.45) is 0 Å². The number of benzene rings is 2. The van der Waals surface area contributed by atoms with Crippen molar-refractivity contribution >= 4 is 39.2 Å². The maximum Gasteiger partial charge on any atom is 0.340 e. The predicted octanol–water partition coefficient (Wildman–Crippen LogP) is 3.65. The quantitative estimate of drug-likeness (QED) is 0.615. The lowest BCUT2D eigenvalue weighted by Gasteiger charge is -2.29. The number of aryl methyl sites for hydroxylation is 1. The Labute approximate surface area is 193 Å². The molecule has 0 atom stereocenters. The molecule has 1 amide bonds. The number of anilines is 1. The van der Waals surface area contributed by atoms with Crippen LogP contribution in [0.4, 0.5) is 5.69 Å². The standard InChI is InChI=1S/C23H25ClN2O5S/c24-20-11-10-18(32(29,30)25-12-4-1-5-13-25)15-19(20)23(28)31-16-22(27)26-14-6-8-17-7-2-3-9-21(17)26/h2-3,7,9-11,15H,1,4-6,8,12-14,16H2. The van der Waals surface area contributed by atoms with Gasteiger partial charge < -0.3 is 9.64 Å². The number of carbonyl (C=O) groups excluding carboxylic acids is 2. The number of halogens is 1. The van der Waals surface area contributed by atoms with Gasteiger partial charge in [0, 0.05) is 25.3 Å². The smallest absolute Gasteiger partial charge is 0.340 e. The molecule has 0 aromatic heterocycles. The summed E-state index contributed by atoms with van der Waals surface area (Å²) < 4.78 is 32.5. The highest BCUT2D eigenvalue weighted by Crippen LogP contribution is 2.28. The van der Waals surface area contributed by atoms with Gasteiger partial charge in [-0.3, -0.25) is 4.79 Å². The van der Waals surface area contributed by atoms with Gasteiger partial charge in [0.15, 0.2) is 6.61 Å². The van der Waals surface area contributed by atoms with Crippen LogP contribution in [0.2, 0.25) is 5.02 Å². The summed E-state index contributed by atoms with van der Waals surface area (Å²) in [5.74, 6) is -1.16. The van der Waals surface area contributed by atoms with Crippen molar-refractivity contribution in [2.45, 2.75) is 37.0 Å². The summed E-state index contributed by atoms with van der Waals surface area (Å²) in [5, 5.41) is 0.0726. The lowest BCUT2D eigenvalue weighted by molar-refractivity contribution is -0.121. The van der Waals surface area contributed by atoms with E-state index >= 15 is 0 Å². The highest BCUT2D eigenvalue weighted by atomic mass is 35.5. The van der Waals surface area contributed by atoms with Crippen molar-refractivity contribution in [3.63, 3.8) is 0 Å². The fraction of sp³-hybridized carbons (Fsp3) is 0.391. The molecule has 32 heavy (non-hydrogen) atoms. The van der Waals surface area contributed by atoms with Crippen LogP contribution >= 0.6 is 11.6 Å². The van der Waals surface area contributed by atoms with Crippen molar-refractivity contribution in [2.75, 3.05) is 31.1 Å². The number of carbonyl (C=O) groups is 2. The van der Waals surface area contributed by atoms with Crippen LogP contribution in [-0.2, 0) is 26.0 Å². The van der Waals surface area contributed by atoms with E-state index in [1.807, 2.05) is 24.3 Å². The minimum absolute atomic E-state index is 0.00738. The van der Waals surface area contributed by atoms with E-state index in [4.69, 9.17) is 16.3 Å².